The number of hydrogen-bond donors (Lipinski definition) is 2. The second-order valence-corrected chi connectivity index (χ2v) is 3.46. The first-order chi connectivity index (χ1) is 4.16. The van der Waals surface area contributed by atoms with Crippen molar-refractivity contribution >= 4 is 0 Å². The summed E-state index contributed by atoms with van der Waals surface area (Å²) in [5.41, 5.74) is 6.04. The van der Waals surface area contributed by atoms with E-state index in [9.17, 15) is 0 Å². The molecule has 0 unspecified atom stereocenters. The molecule has 0 amide bonds. The van der Waals surface area contributed by atoms with Gasteiger partial charge in [-0.05, 0) is 24.7 Å². The van der Waals surface area contributed by atoms with Gasteiger partial charge >= 0.3 is 0 Å². The molecule has 1 aliphatic carbocycles. The quantitative estimate of drug-likeness (QED) is 0.582. The number of aliphatic hydroxyl groups excluding tert-OH is 1. The van der Waals surface area contributed by atoms with E-state index in [1.54, 1.807) is 0 Å². The summed E-state index contributed by atoms with van der Waals surface area (Å²) in [6, 6.07) is 0.0116. The van der Waals surface area contributed by atoms with E-state index in [1.165, 1.54) is 12.8 Å². The van der Waals surface area contributed by atoms with Gasteiger partial charge in [-0.25, -0.2) is 0 Å². The van der Waals surface area contributed by atoms with Crippen LogP contribution in [0.15, 0.2) is 0 Å². The summed E-state index contributed by atoms with van der Waals surface area (Å²) >= 11 is 0. The first-order valence-corrected chi connectivity index (χ1v) is 3.53. The van der Waals surface area contributed by atoms with Crippen molar-refractivity contribution < 1.29 is 5.11 Å². The fourth-order valence-electron chi connectivity index (χ4n) is 1.12. The van der Waals surface area contributed by atoms with Crippen LogP contribution in [-0.2, 0) is 0 Å². The van der Waals surface area contributed by atoms with Crippen molar-refractivity contribution in [1.29, 1.82) is 0 Å². The van der Waals surface area contributed by atoms with E-state index in [1.807, 2.05) is 0 Å². The van der Waals surface area contributed by atoms with Gasteiger partial charge in [0.1, 0.15) is 0 Å². The van der Waals surface area contributed by atoms with E-state index in [-0.39, 0.29) is 12.6 Å². The maximum Gasteiger partial charge on any atom is 0.0582 e. The monoisotopic (exact) mass is 129 g/mol. The van der Waals surface area contributed by atoms with Crippen LogP contribution in [0.5, 0.6) is 0 Å². The van der Waals surface area contributed by atoms with Crippen LogP contribution in [0.25, 0.3) is 0 Å². The lowest BCUT2D eigenvalue weighted by Gasteiger charge is -2.12. The van der Waals surface area contributed by atoms with Gasteiger partial charge in [-0.3, -0.25) is 0 Å². The highest BCUT2D eigenvalue weighted by atomic mass is 16.3. The highest BCUT2D eigenvalue weighted by molar-refractivity contribution is 4.90. The van der Waals surface area contributed by atoms with Crippen molar-refractivity contribution in [3.63, 3.8) is 0 Å². The molecule has 0 radical (unpaired) electrons. The van der Waals surface area contributed by atoms with E-state index in [0.717, 1.165) is 6.42 Å². The Hall–Kier alpha value is -0.0800. The van der Waals surface area contributed by atoms with Crippen molar-refractivity contribution in [3.05, 3.63) is 0 Å². The molecule has 0 aromatic heterocycles. The van der Waals surface area contributed by atoms with Crippen LogP contribution in [0, 0.1) is 5.41 Å². The zero-order valence-corrected chi connectivity index (χ0v) is 5.93. The first kappa shape index (κ1) is 7.03. The smallest absolute Gasteiger partial charge is 0.0582 e. The number of aliphatic hydroxyl groups is 1. The fourth-order valence-corrected chi connectivity index (χ4v) is 1.12. The molecule has 2 heteroatoms. The van der Waals surface area contributed by atoms with Gasteiger partial charge in [0, 0.05) is 6.04 Å². The van der Waals surface area contributed by atoms with Crippen molar-refractivity contribution in [3.8, 4) is 0 Å². The van der Waals surface area contributed by atoms with Gasteiger partial charge in [0.05, 0.1) is 6.61 Å². The summed E-state index contributed by atoms with van der Waals surface area (Å²) in [6.07, 6.45) is 3.57. The number of rotatable bonds is 3. The maximum absolute atomic E-state index is 8.60. The third-order valence-electron chi connectivity index (χ3n) is 2.09. The van der Waals surface area contributed by atoms with Crippen molar-refractivity contribution in [1.82, 2.24) is 0 Å². The van der Waals surface area contributed by atoms with E-state index in [0.29, 0.717) is 5.41 Å². The maximum atomic E-state index is 8.60. The minimum atomic E-state index is 0.0116. The van der Waals surface area contributed by atoms with Gasteiger partial charge in [0.15, 0.2) is 0 Å². The number of hydrogen-bond acceptors (Lipinski definition) is 2. The van der Waals surface area contributed by atoms with Crippen LogP contribution in [0.2, 0.25) is 0 Å². The third-order valence-corrected chi connectivity index (χ3v) is 2.09. The van der Waals surface area contributed by atoms with Gasteiger partial charge in [-0.1, -0.05) is 6.92 Å². The SMILES string of the molecule is CC1(C[C@@H](N)CO)CC1. The highest BCUT2D eigenvalue weighted by Crippen LogP contribution is 2.48. The molecular formula is C7H15NO. The molecular weight excluding hydrogens is 114 g/mol. The summed E-state index contributed by atoms with van der Waals surface area (Å²) in [5.74, 6) is 0. The molecule has 9 heavy (non-hydrogen) atoms. The molecule has 0 aliphatic heterocycles. The average molecular weight is 129 g/mol. The molecule has 2 nitrogen and oxygen atoms in total. The normalized spacial score (nSPS) is 25.7. The van der Waals surface area contributed by atoms with Gasteiger partial charge in [0.25, 0.3) is 0 Å². The van der Waals surface area contributed by atoms with Crippen LogP contribution in [0.4, 0.5) is 0 Å². The Labute approximate surface area is 56.1 Å². The first-order valence-electron chi connectivity index (χ1n) is 3.53. The van der Waals surface area contributed by atoms with Crippen LogP contribution in [0.1, 0.15) is 26.2 Å². The minimum Gasteiger partial charge on any atom is -0.395 e. The zero-order chi connectivity index (χ0) is 6.91. The molecule has 0 aromatic carbocycles. The lowest BCUT2D eigenvalue weighted by atomic mass is 10.0. The number of nitrogens with two attached hydrogens (primary N) is 1. The molecule has 54 valence electrons. The van der Waals surface area contributed by atoms with Crippen molar-refractivity contribution in [2.24, 2.45) is 11.1 Å². The van der Waals surface area contributed by atoms with Crippen LogP contribution < -0.4 is 5.73 Å². The second kappa shape index (κ2) is 2.27. The summed E-state index contributed by atoms with van der Waals surface area (Å²) in [4.78, 5) is 0. The van der Waals surface area contributed by atoms with Gasteiger partial charge in [0.2, 0.25) is 0 Å². The van der Waals surface area contributed by atoms with Gasteiger partial charge in [-0.15, -0.1) is 0 Å². The van der Waals surface area contributed by atoms with Gasteiger partial charge in [-0.2, -0.15) is 0 Å². The second-order valence-electron chi connectivity index (χ2n) is 3.46. The van der Waals surface area contributed by atoms with Crippen LogP contribution >= 0.6 is 0 Å². The molecule has 0 spiro atoms. The zero-order valence-electron chi connectivity index (χ0n) is 5.93. The lowest BCUT2D eigenvalue weighted by Crippen LogP contribution is -2.27. The predicted molar refractivity (Wildman–Crippen MR) is 37.0 cm³/mol. The minimum absolute atomic E-state index is 0.0116. The Balaban J connectivity index is 2.17. The highest BCUT2D eigenvalue weighted by Gasteiger charge is 2.37. The largest absolute Gasteiger partial charge is 0.395 e. The standard InChI is InChI=1S/C7H15NO/c1-7(2-3-7)4-6(8)5-9/h6,9H,2-5,8H2,1H3/t6-/m1/s1. The van der Waals surface area contributed by atoms with E-state index in [2.05, 4.69) is 6.92 Å². The van der Waals surface area contributed by atoms with E-state index < -0.39 is 0 Å². The Kier molecular flexibility index (Phi) is 1.78. The van der Waals surface area contributed by atoms with E-state index in [4.69, 9.17) is 10.8 Å². The Morgan fingerprint density at radius 3 is 2.56 bits per heavy atom. The van der Waals surface area contributed by atoms with Crippen LogP contribution in [0.3, 0.4) is 0 Å². The average Bonchev–Trinajstić information content (AvgIpc) is 2.48. The van der Waals surface area contributed by atoms with Crippen molar-refractivity contribution in [2.45, 2.75) is 32.2 Å². The van der Waals surface area contributed by atoms with Crippen molar-refractivity contribution in [2.75, 3.05) is 6.61 Å². The molecule has 0 aromatic rings. The predicted octanol–water partition coefficient (Wildman–Crippen LogP) is 0.496. The Morgan fingerprint density at radius 1 is 1.67 bits per heavy atom. The van der Waals surface area contributed by atoms with Gasteiger partial charge < -0.3 is 10.8 Å². The molecule has 1 atom stereocenters. The summed E-state index contributed by atoms with van der Waals surface area (Å²) in [7, 11) is 0. The molecule has 1 rings (SSSR count). The fraction of sp³-hybridized carbons (Fsp3) is 1.00. The molecule has 0 saturated heterocycles. The molecule has 1 saturated carbocycles. The van der Waals surface area contributed by atoms with Crippen LogP contribution in [-0.4, -0.2) is 17.8 Å². The molecule has 0 heterocycles. The summed E-state index contributed by atoms with van der Waals surface area (Å²) in [5, 5.41) is 8.60. The Morgan fingerprint density at radius 2 is 2.22 bits per heavy atom. The summed E-state index contributed by atoms with van der Waals surface area (Å²) < 4.78 is 0. The van der Waals surface area contributed by atoms with E-state index >= 15 is 0 Å². The summed E-state index contributed by atoms with van der Waals surface area (Å²) in [6.45, 7) is 2.36. The Bertz CT molecular complexity index is 99.1. The molecule has 0 bridgehead atoms. The third kappa shape index (κ3) is 1.95. The topological polar surface area (TPSA) is 46.2 Å². The lowest BCUT2D eigenvalue weighted by molar-refractivity contribution is 0.243. The molecule has 3 N–H and O–H groups in total. The molecule has 1 aliphatic rings. The molecule has 1 fully saturated rings.